The number of carbonyl (C=O) groups is 2. The number of likely N-dealkylation sites (tertiary alicyclic amines) is 1. The highest BCUT2D eigenvalue weighted by atomic mass is 16.2. The van der Waals surface area contributed by atoms with Gasteiger partial charge in [0.15, 0.2) is 5.81 Å². The van der Waals surface area contributed by atoms with E-state index in [0.29, 0.717) is 31.5 Å². The van der Waals surface area contributed by atoms with Gasteiger partial charge >= 0.3 is 0 Å². The van der Waals surface area contributed by atoms with Gasteiger partial charge in [-0.2, -0.15) is 0 Å². The Kier molecular flexibility index (Phi) is 4.58. The van der Waals surface area contributed by atoms with Crippen molar-refractivity contribution in [3.05, 3.63) is 41.5 Å². The van der Waals surface area contributed by atoms with Gasteiger partial charge in [-0.05, 0) is 18.4 Å². The molecule has 1 aliphatic rings. The number of hydrazine groups is 1. The van der Waals surface area contributed by atoms with Crippen LogP contribution in [0.3, 0.4) is 0 Å². The lowest BCUT2D eigenvalue weighted by Crippen LogP contribution is -2.37. The molecule has 2 rings (SSSR count). The molecule has 1 fully saturated rings. The zero-order valence-electron chi connectivity index (χ0n) is 11.6. The van der Waals surface area contributed by atoms with Crippen molar-refractivity contribution in [3.63, 3.8) is 0 Å². The first-order valence-corrected chi connectivity index (χ1v) is 6.67. The molecule has 0 radical (unpaired) electrons. The van der Waals surface area contributed by atoms with Crippen molar-refractivity contribution in [1.82, 2.24) is 10.3 Å². The Labute approximate surface area is 119 Å². The molecule has 3 N–H and O–H groups in total. The molecular formula is C14H18BN3O2. The number of piperidine rings is 1. The Hall–Kier alpha value is -2.08. The van der Waals surface area contributed by atoms with Crippen molar-refractivity contribution in [3.8, 4) is 0 Å². The van der Waals surface area contributed by atoms with Gasteiger partial charge in [0.25, 0.3) is 5.91 Å². The van der Waals surface area contributed by atoms with Crippen LogP contribution in [0, 0.1) is 0 Å². The Morgan fingerprint density at radius 3 is 2.25 bits per heavy atom. The number of hydrogen-bond acceptors (Lipinski definition) is 3. The second-order valence-electron chi connectivity index (χ2n) is 4.82. The third kappa shape index (κ3) is 3.08. The summed E-state index contributed by atoms with van der Waals surface area (Å²) in [6.45, 7) is 1.30. The molecule has 1 aromatic carbocycles. The van der Waals surface area contributed by atoms with E-state index in [9.17, 15) is 9.59 Å². The number of hydrogen-bond donors (Lipinski definition) is 2. The minimum absolute atomic E-state index is 0.0774. The van der Waals surface area contributed by atoms with Crippen molar-refractivity contribution < 1.29 is 9.59 Å². The average Bonchev–Trinajstić information content (AvgIpc) is 2.49. The topological polar surface area (TPSA) is 75.4 Å². The van der Waals surface area contributed by atoms with E-state index in [1.807, 2.05) is 30.3 Å². The summed E-state index contributed by atoms with van der Waals surface area (Å²) < 4.78 is 0. The molecule has 0 atom stereocenters. The average molecular weight is 271 g/mol. The molecule has 0 aromatic heterocycles. The Morgan fingerprint density at radius 1 is 1.15 bits per heavy atom. The van der Waals surface area contributed by atoms with E-state index in [1.165, 1.54) is 0 Å². The number of carbonyl (C=O) groups excluding carboxylic acids is 2. The first-order chi connectivity index (χ1) is 9.63. The fourth-order valence-electron chi connectivity index (χ4n) is 2.51. The summed E-state index contributed by atoms with van der Waals surface area (Å²) in [5, 5.41) is 0. The van der Waals surface area contributed by atoms with E-state index in [-0.39, 0.29) is 11.7 Å². The van der Waals surface area contributed by atoms with E-state index in [0.717, 1.165) is 11.1 Å². The summed E-state index contributed by atoms with van der Waals surface area (Å²) in [5.74, 6) is 5.10. The molecule has 20 heavy (non-hydrogen) atoms. The zero-order chi connectivity index (χ0) is 14.5. The van der Waals surface area contributed by atoms with Crippen molar-refractivity contribution in [2.75, 3.05) is 13.1 Å². The van der Waals surface area contributed by atoms with Gasteiger partial charge in [0.05, 0.1) is 0 Å². The highest BCUT2D eigenvalue weighted by Gasteiger charge is 2.22. The summed E-state index contributed by atoms with van der Waals surface area (Å²) >= 11 is 0. The molecule has 1 aliphatic heterocycles. The maximum Gasteiger partial charge on any atom is 0.265 e. The molecule has 1 heterocycles. The van der Waals surface area contributed by atoms with E-state index in [2.05, 4.69) is 5.43 Å². The predicted octanol–water partition coefficient (Wildman–Crippen LogP) is 0.279. The molecule has 0 saturated carbocycles. The van der Waals surface area contributed by atoms with Gasteiger partial charge in [0.2, 0.25) is 7.85 Å². The molecular weight excluding hydrogens is 253 g/mol. The van der Waals surface area contributed by atoms with Crippen LogP contribution in [0.2, 0.25) is 0 Å². The number of amides is 2. The summed E-state index contributed by atoms with van der Waals surface area (Å²) in [7, 11) is 1.57. The molecule has 2 amide bonds. The van der Waals surface area contributed by atoms with Gasteiger partial charge in [0.1, 0.15) is 0 Å². The third-order valence-corrected chi connectivity index (χ3v) is 3.59. The molecule has 6 heteroatoms. The molecule has 104 valence electrons. The fraction of sp³-hybridized carbons (Fsp3) is 0.286. The lowest BCUT2D eigenvalue weighted by molar-refractivity contribution is -0.115. The highest BCUT2D eigenvalue weighted by Crippen LogP contribution is 2.26. The van der Waals surface area contributed by atoms with Crippen LogP contribution in [0.1, 0.15) is 18.4 Å². The van der Waals surface area contributed by atoms with Crippen LogP contribution in [0.15, 0.2) is 35.9 Å². The van der Waals surface area contributed by atoms with Gasteiger partial charge in [-0.25, -0.2) is 5.84 Å². The van der Waals surface area contributed by atoms with Gasteiger partial charge < -0.3 is 4.90 Å². The lowest BCUT2D eigenvalue weighted by atomic mass is 9.91. The summed E-state index contributed by atoms with van der Waals surface area (Å²) in [5.41, 5.74) is 4.77. The molecule has 1 saturated heterocycles. The molecule has 0 unspecified atom stereocenters. The van der Waals surface area contributed by atoms with Crippen LogP contribution >= 0.6 is 0 Å². The monoisotopic (exact) mass is 271 g/mol. The SMILES string of the molecule is BC(=O)N1CCC(=C(C(=O)NN)c2ccccc2)CC1. The Bertz CT molecular complexity index is 533. The van der Waals surface area contributed by atoms with Gasteiger partial charge in [-0.3, -0.25) is 15.0 Å². The standard InChI is InChI=1S/C14H18BN3O2/c15-14(20)18-8-6-11(7-9-18)12(13(19)17-16)10-4-2-1-3-5-10/h1-5H,6-9,15-16H2,(H,17,19). The zero-order valence-corrected chi connectivity index (χ0v) is 11.6. The highest BCUT2D eigenvalue weighted by molar-refractivity contribution is 6.56. The van der Waals surface area contributed by atoms with E-state index in [1.54, 1.807) is 12.7 Å². The van der Waals surface area contributed by atoms with Crippen molar-refractivity contribution in [1.29, 1.82) is 0 Å². The van der Waals surface area contributed by atoms with Crippen molar-refractivity contribution in [2.45, 2.75) is 12.8 Å². The number of nitrogens with zero attached hydrogens (tertiary/aromatic N) is 1. The van der Waals surface area contributed by atoms with Crippen LogP contribution in [-0.4, -0.2) is 37.5 Å². The first-order valence-electron chi connectivity index (χ1n) is 6.67. The van der Waals surface area contributed by atoms with Crippen LogP contribution in [0.25, 0.3) is 5.57 Å². The predicted molar refractivity (Wildman–Crippen MR) is 80.4 cm³/mol. The summed E-state index contributed by atoms with van der Waals surface area (Å²) in [6, 6.07) is 9.49. The number of nitrogens with two attached hydrogens (primary N) is 1. The largest absolute Gasteiger partial charge is 0.351 e. The maximum absolute atomic E-state index is 12.1. The number of rotatable bonds is 2. The van der Waals surface area contributed by atoms with Gasteiger partial charge in [0, 0.05) is 18.7 Å². The maximum atomic E-state index is 12.1. The molecule has 5 nitrogen and oxygen atoms in total. The molecule has 0 bridgehead atoms. The Balaban J connectivity index is 2.30. The summed E-state index contributed by atoms with van der Waals surface area (Å²) in [4.78, 5) is 25.2. The molecule has 1 aromatic rings. The number of benzene rings is 1. The lowest BCUT2D eigenvalue weighted by Gasteiger charge is -2.29. The first kappa shape index (κ1) is 14.3. The normalized spacial score (nSPS) is 14.8. The quantitative estimate of drug-likeness (QED) is 0.267. The van der Waals surface area contributed by atoms with Crippen molar-refractivity contribution in [2.24, 2.45) is 5.84 Å². The fourth-order valence-corrected chi connectivity index (χ4v) is 2.51. The van der Waals surface area contributed by atoms with Crippen LogP contribution in [0.5, 0.6) is 0 Å². The van der Waals surface area contributed by atoms with Crippen LogP contribution < -0.4 is 11.3 Å². The molecule has 0 spiro atoms. The van der Waals surface area contributed by atoms with E-state index >= 15 is 0 Å². The minimum Gasteiger partial charge on any atom is -0.351 e. The van der Waals surface area contributed by atoms with Crippen molar-refractivity contribution >= 4 is 25.1 Å². The smallest absolute Gasteiger partial charge is 0.265 e. The van der Waals surface area contributed by atoms with Gasteiger partial charge in [-0.1, -0.05) is 35.9 Å². The second kappa shape index (κ2) is 6.39. The van der Waals surface area contributed by atoms with Gasteiger partial charge in [-0.15, -0.1) is 0 Å². The Morgan fingerprint density at radius 2 is 1.75 bits per heavy atom. The minimum atomic E-state index is -0.275. The summed E-state index contributed by atoms with van der Waals surface area (Å²) in [6.07, 6.45) is 1.41. The van der Waals surface area contributed by atoms with E-state index < -0.39 is 0 Å². The van der Waals surface area contributed by atoms with Crippen LogP contribution in [-0.2, 0) is 4.79 Å². The number of nitrogens with one attached hydrogen (secondary N) is 1. The third-order valence-electron chi connectivity index (χ3n) is 3.59. The molecule has 0 aliphatic carbocycles. The van der Waals surface area contributed by atoms with Crippen LogP contribution in [0.4, 0.5) is 4.79 Å². The van der Waals surface area contributed by atoms with E-state index in [4.69, 9.17) is 5.84 Å². The second-order valence-corrected chi connectivity index (χ2v) is 4.82.